The highest BCUT2D eigenvalue weighted by Gasteiger charge is 2.24. The second kappa shape index (κ2) is 7.88. The maximum Gasteiger partial charge on any atom is 0.319 e. The minimum atomic E-state index is -3.58. The molecule has 0 aromatic heterocycles. The van der Waals surface area contributed by atoms with Crippen molar-refractivity contribution in [1.29, 1.82) is 0 Å². The molecule has 0 saturated carbocycles. The molecule has 0 radical (unpaired) electrons. The Morgan fingerprint density at radius 3 is 2.69 bits per heavy atom. The third-order valence-corrected chi connectivity index (χ3v) is 6.07. The monoisotopic (exact) mass is 375 g/mol. The van der Waals surface area contributed by atoms with E-state index in [1.165, 1.54) is 7.11 Å². The molecule has 0 saturated heterocycles. The highest BCUT2D eigenvalue weighted by Crippen LogP contribution is 2.32. The van der Waals surface area contributed by atoms with Crippen molar-refractivity contribution < 1.29 is 22.7 Å². The molecular weight excluding hydrogens is 354 g/mol. The first-order valence-electron chi connectivity index (χ1n) is 8.38. The molecule has 0 spiro atoms. The topological polar surface area (TPSA) is 81.7 Å². The number of aryl methyl sites for hydroxylation is 1. The fraction of sp³-hybridized carbons (Fsp3) is 0.316. The van der Waals surface area contributed by atoms with Crippen molar-refractivity contribution in [2.75, 3.05) is 20.2 Å². The van der Waals surface area contributed by atoms with Crippen LogP contribution in [-0.4, -0.2) is 40.7 Å². The van der Waals surface area contributed by atoms with Gasteiger partial charge in [-0.3, -0.25) is 4.79 Å². The number of carbonyl (C=O) groups is 1. The molecule has 1 aliphatic rings. The van der Waals surface area contributed by atoms with Crippen molar-refractivity contribution in [3.8, 4) is 5.75 Å². The highest BCUT2D eigenvalue weighted by molar-refractivity contribution is 7.91. The van der Waals surface area contributed by atoms with Crippen LogP contribution in [0.25, 0.3) is 0 Å². The van der Waals surface area contributed by atoms with Crippen molar-refractivity contribution in [1.82, 2.24) is 5.32 Å². The first-order valence-corrected chi connectivity index (χ1v) is 9.86. The predicted molar refractivity (Wildman–Crippen MR) is 96.0 cm³/mol. The van der Waals surface area contributed by atoms with Gasteiger partial charge in [0, 0.05) is 6.54 Å². The van der Waals surface area contributed by atoms with Crippen LogP contribution >= 0.6 is 0 Å². The minimum absolute atomic E-state index is 0.117. The number of methoxy groups -OCH3 is 1. The van der Waals surface area contributed by atoms with Gasteiger partial charge in [-0.2, -0.15) is 0 Å². The summed E-state index contributed by atoms with van der Waals surface area (Å²) in [6, 6.07) is 13.4. The number of sulfone groups is 1. The number of nitrogens with one attached hydrogen (secondary N) is 1. The Labute approximate surface area is 153 Å². The molecule has 138 valence electrons. The second-order valence-corrected chi connectivity index (χ2v) is 8.02. The number of esters is 1. The molecule has 1 heterocycles. The molecular formula is C19H21NO5S. The number of rotatable bonds is 6. The van der Waals surface area contributed by atoms with Gasteiger partial charge < -0.3 is 14.8 Å². The van der Waals surface area contributed by atoms with E-state index in [1.54, 1.807) is 42.5 Å². The van der Waals surface area contributed by atoms with Gasteiger partial charge in [0.1, 0.15) is 11.9 Å². The molecule has 3 rings (SSSR count). The van der Waals surface area contributed by atoms with Crippen LogP contribution in [0.5, 0.6) is 5.75 Å². The molecule has 0 unspecified atom stereocenters. The quantitative estimate of drug-likeness (QED) is 0.778. The molecule has 1 N–H and O–H groups in total. The van der Waals surface area contributed by atoms with Crippen LogP contribution in [0.3, 0.4) is 0 Å². The van der Waals surface area contributed by atoms with E-state index in [0.717, 1.165) is 18.4 Å². The van der Waals surface area contributed by atoms with Gasteiger partial charge in [-0.25, -0.2) is 8.42 Å². The summed E-state index contributed by atoms with van der Waals surface area (Å²) in [7, 11) is -2.24. The van der Waals surface area contributed by atoms with Gasteiger partial charge in [0.25, 0.3) is 0 Å². The number of benzene rings is 2. The summed E-state index contributed by atoms with van der Waals surface area (Å²) < 4.78 is 36.0. The normalized spacial score (nSPS) is 16.4. The summed E-state index contributed by atoms with van der Waals surface area (Å²) in [6.45, 7) is 0.607. The van der Waals surface area contributed by atoms with E-state index >= 15 is 0 Å². The molecule has 0 amide bonds. The SMILES string of the molecule is COC(=O)CNC[C@H]1CCc2ccc(S(=O)(=O)c3ccccc3)cc2O1. The molecule has 6 nitrogen and oxygen atoms in total. The van der Waals surface area contributed by atoms with Gasteiger partial charge in [0.05, 0.1) is 23.4 Å². The fourth-order valence-electron chi connectivity index (χ4n) is 2.86. The average molecular weight is 375 g/mol. The zero-order chi connectivity index (χ0) is 18.6. The lowest BCUT2D eigenvalue weighted by Crippen LogP contribution is -2.36. The van der Waals surface area contributed by atoms with Crippen LogP contribution < -0.4 is 10.1 Å². The number of hydrogen-bond donors (Lipinski definition) is 1. The molecule has 26 heavy (non-hydrogen) atoms. The molecule has 7 heteroatoms. The molecule has 0 bridgehead atoms. The van der Waals surface area contributed by atoms with Crippen molar-refractivity contribution in [3.05, 3.63) is 54.1 Å². The van der Waals surface area contributed by atoms with E-state index in [1.807, 2.05) is 6.07 Å². The van der Waals surface area contributed by atoms with Gasteiger partial charge in [0.2, 0.25) is 9.84 Å². The lowest BCUT2D eigenvalue weighted by atomic mass is 10.0. The highest BCUT2D eigenvalue weighted by atomic mass is 32.2. The third-order valence-electron chi connectivity index (χ3n) is 4.30. The van der Waals surface area contributed by atoms with Crippen molar-refractivity contribution in [2.45, 2.75) is 28.7 Å². The minimum Gasteiger partial charge on any atom is -0.489 e. The standard InChI is InChI=1S/C19H21NO5S/c1-24-19(21)13-20-12-15-9-7-14-8-10-17(11-18(14)25-15)26(22,23)16-5-3-2-4-6-16/h2-6,8,10-11,15,20H,7,9,12-13H2,1H3/t15-/m1/s1. The van der Waals surface area contributed by atoms with Gasteiger partial charge >= 0.3 is 5.97 Å². The first-order chi connectivity index (χ1) is 12.5. The van der Waals surface area contributed by atoms with E-state index < -0.39 is 9.84 Å². The summed E-state index contributed by atoms with van der Waals surface area (Å²) in [5.41, 5.74) is 0.987. The van der Waals surface area contributed by atoms with E-state index in [4.69, 9.17) is 4.74 Å². The Bertz CT molecular complexity index is 880. The molecule has 2 aromatic carbocycles. The van der Waals surface area contributed by atoms with Crippen LogP contribution in [0, 0.1) is 0 Å². The average Bonchev–Trinajstić information content (AvgIpc) is 2.68. The Morgan fingerprint density at radius 1 is 1.19 bits per heavy atom. The smallest absolute Gasteiger partial charge is 0.319 e. The van der Waals surface area contributed by atoms with Crippen molar-refractivity contribution in [3.63, 3.8) is 0 Å². The summed E-state index contributed by atoms with van der Waals surface area (Å²) in [4.78, 5) is 11.6. The molecule has 2 aromatic rings. The Morgan fingerprint density at radius 2 is 1.96 bits per heavy atom. The van der Waals surface area contributed by atoms with Crippen LogP contribution in [0.15, 0.2) is 58.3 Å². The zero-order valence-corrected chi connectivity index (χ0v) is 15.3. The van der Waals surface area contributed by atoms with E-state index in [9.17, 15) is 13.2 Å². The molecule has 1 aliphatic heterocycles. The van der Waals surface area contributed by atoms with Crippen LogP contribution in [0.1, 0.15) is 12.0 Å². The number of ether oxygens (including phenoxy) is 2. The summed E-state index contributed by atoms with van der Waals surface area (Å²) >= 11 is 0. The van der Waals surface area contributed by atoms with Gasteiger partial charge in [-0.1, -0.05) is 24.3 Å². The van der Waals surface area contributed by atoms with E-state index in [-0.39, 0.29) is 28.4 Å². The van der Waals surface area contributed by atoms with Crippen LogP contribution in [-0.2, 0) is 25.8 Å². The molecule has 0 fully saturated rings. The Balaban J connectivity index is 1.74. The first kappa shape index (κ1) is 18.4. The summed E-state index contributed by atoms with van der Waals surface area (Å²) in [5.74, 6) is 0.246. The van der Waals surface area contributed by atoms with E-state index in [2.05, 4.69) is 10.1 Å². The second-order valence-electron chi connectivity index (χ2n) is 6.07. The molecule has 0 aliphatic carbocycles. The Hall–Kier alpha value is -2.38. The van der Waals surface area contributed by atoms with Crippen molar-refractivity contribution >= 4 is 15.8 Å². The maximum atomic E-state index is 12.8. The third kappa shape index (κ3) is 4.05. The lowest BCUT2D eigenvalue weighted by Gasteiger charge is -2.26. The Kier molecular flexibility index (Phi) is 5.58. The zero-order valence-electron chi connectivity index (χ0n) is 14.5. The van der Waals surface area contributed by atoms with Gasteiger partial charge in [0.15, 0.2) is 0 Å². The number of hydrogen-bond acceptors (Lipinski definition) is 6. The maximum absolute atomic E-state index is 12.8. The van der Waals surface area contributed by atoms with Crippen molar-refractivity contribution in [2.24, 2.45) is 0 Å². The number of carbonyl (C=O) groups excluding carboxylic acids is 1. The summed E-state index contributed by atoms with van der Waals surface area (Å²) in [6.07, 6.45) is 1.47. The largest absolute Gasteiger partial charge is 0.489 e. The molecule has 1 atom stereocenters. The predicted octanol–water partition coefficient (Wildman–Crippen LogP) is 1.98. The lowest BCUT2D eigenvalue weighted by molar-refractivity contribution is -0.139. The van der Waals surface area contributed by atoms with Gasteiger partial charge in [-0.05, 0) is 42.7 Å². The fourth-order valence-corrected chi connectivity index (χ4v) is 4.16. The summed E-state index contributed by atoms with van der Waals surface area (Å²) in [5, 5.41) is 2.99. The van der Waals surface area contributed by atoms with E-state index in [0.29, 0.717) is 12.3 Å². The van der Waals surface area contributed by atoms with Crippen LogP contribution in [0.4, 0.5) is 0 Å². The van der Waals surface area contributed by atoms with Gasteiger partial charge in [-0.15, -0.1) is 0 Å². The number of fused-ring (bicyclic) bond motifs is 1. The van der Waals surface area contributed by atoms with Crippen LogP contribution in [0.2, 0.25) is 0 Å².